The number of hydrogen-bond acceptors (Lipinski definition) is 14. The van der Waals surface area contributed by atoms with Crippen molar-refractivity contribution in [1.82, 2.24) is 34.8 Å². The van der Waals surface area contributed by atoms with Gasteiger partial charge in [-0.1, -0.05) is 24.3 Å². The van der Waals surface area contributed by atoms with Crippen molar-refractivity contribution in [3.8, 4) is 22.4 Å². The number of unbranched alkanes of at least 4 members (excludes halogenated alkanes) is 2. The fourth-order valence-electron chi connectivity index (χ4n) is 7.83. The van der Waals surface area contributed by atoms with Crippen molar-refractivity contribution >= 4 is 79.3 Å². The highest BCUT2D eigenvalue weighted by molar-refractivity contribution is 7.90. The molecule has 0 saturated carbocycles. The van der Waals surface area contributed by atoms with E-state index in [1.54, 1.807) is 64.0 Å². The molecule has 68 heavy (non-hydrogen) atoms. The van der Waals surface area contributed by atoms with E-state index in [0.29, 0.717) is 53.1 Å². The van der Waals surface area contributed by atoms with Gasteiger partial charge in [0, 0.05) is 61.3 Å². The Bertz CT molecular complexity index is 2930. The molecule has 2 aliphatic heterocycles. The topological polar surface area (TPSA) is 251 Å². The summed E-state index contributed by atoms with van der Waals surface area (Å²) in [6.45, 7) is 7.11. The Labute approximate surface area is 397 Å². The van der Waals surface area contributed by atoms with E-state index in [-0.39, 0.29) is 48.5 Å². The van der Waals surface area contributed by atoms with Gasteiger partial charge in [0.1, 0.15) is 11.9 Å². The molecule has 0 spiro atoms. The Morgan fingerprint density at radius 1 is 0.912 bits per heavy atom. The van der Waals surface area contributed by atoms with Crippen molar-refractivity contribution in [2.75, 3.05) is 48.8 Å². The molecule has 7 amide bonds. The van der Waals surface area contributed by atoms with Crippen LogP contribution in [0.25, 0.3) is 22.4 Å². The average Bonchev–Trinajstić information content (AvgIpc) is 3.98. The van der Waals surface area contributed by atoms with Crippen molar-refractivity contribution in [3.05, 3.63) is 100 Å². The fourth-order valence-corrected chi connectivity index (χ4v) is 9.79. The minimum absolute atomic E-state index is 0.0461. The number of thiazole rings is 1. The van der Waals surface area contributed by atoms with Crippen LogP contribution in [0.4, 0.5) is 16.6 Å². The molecule has 356 valence electrons. The number of likely N-dealkylation sites (N-methyl/N-ethyl adjacent to an activating group) is 1. The van der Waals surface area contributed by atoms with Gasteiger partial charge in [-0.05, 0) is 100 Å². The van der Waals surface area contributed by atoms with E-state index in [1.807, 2.05) is 41.8 Å². The van der Waals surface area contributed by atoms with E-state index < -0.39 is 56.8 Å². The molecule has 2 aliphatic rings. The monoisotopic (exact) mass is 964 g/mol. The number of anilines is 3. The molecule has 1 fully saturated rings. The summed E-state index contributed by atoms with van der Waals surface area (Å²) in [6, 6.07) is 15.4. The van der Waals surface area contributed by atoms with Gasteiger partial charge < -0.3 is 26.2 Å². The lowest BCUT2D eigenvalue weighted by atomic mass is 10.0. The van der Waals surface area contributed by atoms with Crippen molar-refractivity contribution in [1.29, 1.82) is 0 Å². The lowest BCUT2D eigenvalue weighted by Crippen LogP contribution is -2.54. The molecule has 5 heterocycles. The maximum absolute atomic E-state index is 13.3. The van der Waals surface area contributed by atoms with Crippen LogP contribution in [0.3, 0.4) is 0 Å². The Morgan fingerprint density at radius 3 is 2.41 bits per heavy atom. The van der Waals surface area contributed by atoms with Crippen LogP contribution in [0.2, 0.25) is 0 Å². The zero-order valence-electron chi connectivity index (χ0n) is 38.2. The predicted octanol–water partition coefficient (Wildman–Crippen LogP) is 4.48. The van der Waals surface area contributed by atoms with Gasteiger partial charge in [0.05, 0.1) is 40.7 Å². The minimum Gasteiger partial charge on any atom is -0.384 e. The molecule has 19 nitrogen and oxygen atoms in total. The number of rotatable bonds is 19. The third kappa shape index (κ3) is 10.6. The minimum atomic E-state index is -3.67. The average molecular weight is 965 g/mol. The van der Waals surface area contributed by atoms with Crippen LogP contribution in [0.1, 0.15) is 88.3 Å². The zero-order valence-corrected chi connectivity index (χ0v) is 39.8. The van der Waals surface area contributed by atoms with Gasteiger partial charge in [0.15, 0.2) is 5.13 Å². The molecular formula is C47H52N10O9S2. The largest absolute Gasteiger partial charge is 0.384 e. The van der Waals surface area contributed by atoms with E-state index in [2.05, 4.69) is 36.6 Å². The Balaban J connectivity index is 0.843. The molecule has 21 heteroatoms. The molecule has 0 aliphatic carbocycles. The van der Waals surface area contributed by atoms with Crippen molar-refractivity contribution in [2.45, 2.75) is 71.1 Å². The summed E-state index contributed by atoms with van der Waals surface area (Å²) < 4.78 is 26.6. The summed E-state index contributed by atoms with van der Waals surface area (Å²) >= 11 is 1.23. The van der Waals surface area contributed by atoms with Crippen molar-refractivity contribution < 1.29 is 42.0 Å². The van der Waals surface area contributed by atoms with E-state index in [0.717, 1.165) is 38.4 Å². The number of imide groups is 2. The van der Waals surface area contributed by atoms with Gasteiger partial charge in [0.2, 0.25) is 33.7 Å². The number of nitrogens with one attached hydrogen (secondary N) is 5. The number of aromatic nitrogens is 3. The second-order valence-electron chi connectivity index (χ2n) is 16.8. The number of amides is 7. The van der Waals surface area contributed by atoms with E-state index >= 15 is 0 Å². The third-order valence-electron chi connectivity index (χ3n) is 11.8. The first-order valence-electron chi connectivity index (χ1n) is 22.0. The van der Waals surface area contributed by atoms with Gasteiger partial charge in [-0.2, -0.15) is 0 Å². The molecule has 0 radical (unpaired) electrons. The standard InChI is InChI=1S/C47H52N10O9S2/c1-27(2)68(65,66)56-24-34(28(3)29(56)4)43(61)51-23-40(59)54-47-52-36(26-67-47)32-12-9-11-30(21-32)31-17-20-49-38(22-31)55(5)25-41(60)50-19-8-6-7-18-48-35-14-10-13-33-42(35)46(64)57(45(33)63)37-15-16-39(58)53-44(37)62/h9-14,17,20-22,24,26-27,37,48H,6-8,15-16,18-19,23,25H2,1-5H3,(H,50,60)(H,51,61)(H,52,54,59)(H,53,58,62). The number of carbonyl (C=O) groups is 7. The van der Waals surface area contributed by atoms with Crippen LogP contribution in [0.15, 0.2) is 72.4 Å². The summed E-state index contributed by atoms with van der Waals surface area (Å²) in [6.07, 6.45) is 5.31. The quantitative estimate of drug-likeness (QED) is 0.0567. The fraction of sp³-hybridized carbons (Fsp3) is 0.340. The number of hydrogen-bond donors (Lipinski definition) is 5. The second kappa shape index (κ2) is 20.7. The molecule has 2 aromatic carbocycles. The molecule has 1 saturated heterocycles. The molecule has 5 aromatic rings. The summed E-state index contributed by atoms with van der Waals surface area (Å²) in [4.78, 5) is 101. The second-order valence-corrected chi connectivity index (χ2v) is 20.0. The van der Waals surface area contributed by atoms with Crippen LogP contribution >= 0.6 is 11.3 Å². The smallest absolute Gasteiger partial charge is 0.264 e. The SMILES string of the molecule is Cc1c(C(=O)NCC(=O)Nc2nc(-c3cccc(-c4ccnc(N(C)CC(=O)NCCCCCNc5cccc6c5C(=O)N(C5CCC(=O)NC5=O)C6=O)c4)c3)cs2)cn(S(=O)(=O)C(C)C)c1C. The molecule has 7 rings (SSSR count). The van der Waals surface area contributed by atoms with Crippen LogP contribution in [0.5, 0.6) is 0 Å². The first-order valence-corrected chi connectivity index (χ1v) is 24.4. The van der Waals surface area contributed by atoms with Crippen LogP contribution in [0, 0.1) is 13.8 Å². The number of fused-ring (bicyclic) bond motifs is 1. The maximum Gasteiger partial charge on any atom is 0.264 e. The molecule has 1 atom stereocenters. The van der Waals surface area contributed by atoms with Crippen LogP contribution < -0.4 is 31.5 Å². The number of carbonyl (C=O) groups excluding carboxylic acids is 7. The lowest BCUT2D eigenvalue weighted by molar-refractivity contribution is -0.136. The molecular weight excluding hydrogens is 913 g/mol. The maximum atomic E-state index is 13.3. The highest BCUT2D eigenvalue weighted by Crippen LogP contribution is 2.33. The Kier molecular flexibility index (Phi) is 14.8. The van der Waals surface area contributed by atoms with Gasteiger partial charge in [-0.25, -0.2) is 22.4 Å². The Hall–Kier alpha value is -7.26. The van der Waals surface area contributed by atoms with Crippen LogP contribution in [-0.4, -0.2) is 113 Å². The van der Waals surface area contributed by atoms with Gasteiger partial charge >= 0.3 is 0 Å². The first-order chi connectivity index (χ1) is 32.4. The van der Waals surface area contributed by atoms with Crippen molar-refractivity contribution in [2.24, 2.45) is 0 Å². The predicted molar refractivity (Wildman–Crippen MR) is 257 cm³/mol. The highest BCUT2D eigenvalue weighted by Gasteiger charge is 2.45. The zero-order chi connectivity index (χ0) is 48.9. The Morgan fingerprint density at radius 2 is 1.65 bits per heavy atom. The molecule has 0 bridgehead atoms. The van der Waals surface area contributed by atoms with Gasteiger partial charge in [0.25, 0.3) is 17.7 Å². The normalized spacial score (nSPS) is 14.7. The number of piperidine rings is 1. The summed E-state index contributed by atoms with van der Waals surface area (Å²) in [5, 5.41) is 15.1. The first kappa shape index (κ1) is 48.7. The molecule has 3 aromatic heterocycles. The summed E-state index contributed by atoms with van der Waals surface area (Å²) in [7, 11) is -1.89. The van der Waals surface area contributed by atoms with E-state index in [9.17, 15) is 42.0 Å². The van der Waals surface area contributed by atoms with Gasteiger partial charge in [-0.15, -0.1) is 11.3 Å². The highest BCUT2D eigenvalue weighted by atomic mass is 32.2. The summed E-state index contributed by atoms with van der Waals surface area (Å²) in [5.74, 6) is -2.86. The van der Waals surface area contributed by atoms with Gasteiger partial charge in [-0.3, -0.25) is 43.8 Å². The van der Waals surface area contributed by atoms with Crippen LogP contribution in [-0.2, 0) is 29.2 Å². The van der Waals surface area contributed by atoms with E-state index in [4.69, 9.17) is 0 Å². The molecule has 5 N–H and O–H groups in total. The molecule has 1 unspecified atom stereocenters. The number of nitrogens with zero attached hydrogens (tertiary/aromatic N) is 5. The third-order valence-corrected chi connectivity index (χ3v) is 14.6. The number of pyridine rings is 1. The lowest BCUT2D eigenvalue weighted by Gasteiger charge is -2.27. The van der Waals surface area contributed by atoms with E-state index in [1.165, 1.54) is 17.5 Å². The summed E-state index contributed by atoms with van der Waals surface area (Å²) in [5.41, 5.74) is 5.20. The van der Waals surface area contributed by atoms with Crippen molar-refractivity contribution in [3.63, 3.8) is 0 Å². The number of benzene rings is 2.